The Kier molecular flexibility index (Phi) is 3.59. The van der Waals surface area contributed by atoms with Gasteiger partial charge in [0.15, 0.2) is 0 Å². The number of amides is 1. The first kappa shape index (κ1) is 17.0. The fraction of sp³-hybridized carbons (Fsp3) is 0.400. The van der Waals surface area contributed by atoms with E-state index in [9.17, 15) is 4.79 Å². The van der Waals surface area contributed by atoms with Crippen molar-refractivity contribution >= 4 is 11.4 Å². The first-order chi connectivity index (χ1) is 13.5. The van der Waals surface area contributed by atoms with E-state index in [0.29, 0.717) is 11.8 Å². The van der Waals surface area contributed by atoms with E-state index in [1.807, 2.05) is 30.4 Å². The fourth-order valence-corrected chi connectivity index (χ4v) is 4.62. The minimum Gasteiger partial charge on any atom is -0.469 e. The van der Waals surface area contributed by atoms with Gasteiger partial charge in [-0.15, -0.1) is 0 Å². The van der Waals surface area contributed by atoms with Gasteiger partial charge < -0.3 is 9.64 Å². The highest BCUT2D eigenvalue weighted by Crippen LogP contribution is 2.50. The lowest BCUT2D eigenvalue weighted by atomic mass is 9.66. The minimum atomic E-state index is -0.355. The van der Waals surface area contributed by atoms with Crippen LogP contribution in [0, 0.1) is 5.92 Å². The maximum atomic E-state index is 12.1. The topological polar surface area (TPSA) is 77.6 Å². The van der Waals surface area contributed by atoms with E-state index >= 15 is 0 Å². The van der Waals surface area contributed by atoms with Crippen molar-refractivity contribution in [2.24, 2.45) is 13.0 Å². The summed E-state index contributed by atoms with van der Waals surface area (Å²) in [4.78, 5) is 18.7. The predicted octanol–water partition coefficient (Wildman–Crippen LogP) is 2.07. The number of aromatic nitrogens is 5. The number of nitrogens with zero attached hydrogens (tertiary/aromatic N) is 6. The van der Waals surface area contributed by atoms with Gasteiger partial charge in [-0.3, -0.25) is 9.48 Å². The molecule has 0 N–H and O–H groups in total. The summed E-state index contributed by atoms with van der Waals surface area (Å²) in [6.45, 7) is 6.48. The molecule has 8 nitrogen and oxygen atoms in total. The number of hydrogen-bond acceptors (Lipinski definition) is 5. The van der Waals surface area contributed by atoms with Gasteiger partial charge in [-0.2, -0.15) is 10.2 Å². The average Bonchev–Trinajstić information content (AvgIpc) is 3.39. The molecule has 1 saturated heterocycles. The maximum Gasteiger partial charge on any atom is 0.246 e. The molecule has 144 valence electrons. The van der Waals surface area contributed by atoms with E-state index in [4.69, 9.17) is 9.72 Å². The zero-order valence-electron chi connectivity index (χ0n) is 15.9. The number of carbonyl (C=O) groups is 1. The Morgan fingerprint density at radius 2 is 2.25 bits per heavy atom. The van der Waals surface area contributed by atoms with Crippen molar-refractivity contribution in [2.45, 2.75) is 31.4 Å². The number of aryl methyl sites for hydroxylation is 1. The van der Waals surface area contributed by atoms with Gasteiger partial charge in [0.05, 0.1) is 24.3 Å². The van der Waals surface area contributed by atoms with Crippen LogP contribution in [0.2, 0.25) is 0 Å². The van der Waals surface area contributed by atoms with Crippen LogP contribution in [-0.2, 0) is 11.8 Å². The largest absolute Gasteiger partial charge is 0.469 e. The molecular formula is C20H22N6O2. The lowest BCUT2D eigenvalue weighted by Gasteiger charge is -2.51. The van der Waals surface area contributed by atoms with E-state index in [2.05, 4.69) is 23.7 Å². The summed E-state index contributed by atoms with van der Waals surface area (Å²) in [6, 6.07) is 2.12. The lowest BCUT2D eigenvalue weighted by Crippen LogP contribution is -2.61. The van der Waals surface area contributed by atoms with Crippen molar-refractivity contribution in [1.82, 2.24) is 29.3 Å². The number of hydrogen-bond donors (Lipinski definition) is 0. The second-order valence-corrected chi connectivity index (χ2v) is 7.81. The summed E-state index contributed by atoms with van der Waals surface area (Å²) in [5, 5.41) is 8.59. The quantitative estimate of drug-likeness (QED) is 0.650. The molecule has 0 unspecified atom stereocenters. The van der Waals surface area contributed by atoms with Gasteiger partial charge in [-0.05, 0) is 25.5 Å². The molecule has 3 aromatic heterocycles. The first-order valence-corrected chi connectivity index (χ1v) is 9.44. The highest BCUT2D eigenvalue weighted by atomic mass is 16.5. The number of rotatable bonds is 4. The maximum absolute atomic E-state index is 12.1. The van der Waals surface area contributed by atoms with Crippen molar-refractivity contribution < 1.29 is 9.53 Å². The molecule has 3 aromatic rings. The molecule has 1 amide bonds. The molecule has 8 heteroatoms. The van der Waals surface area contributed by atoms with Crippen molar-refractivity contribution in [3.05, 3.63) is 43.5 Å². The molecule has 1 aliphatic carbocycles. The smallest absolute Gasteiger partial charge is 0.246 e. The average molecular weight is 378 g/mol. The highest BCUT2D eigenvalue weighted by Gasteiger charge is 2.59. The summed E-state index contributed by atoms with van der Waals surface area (Å²) in [7, 11) is 1.87. The second kappa shape index (κ2) is 5.92. The molecule has 0 radical (unpaired) electrons. The molecular weight excluding hydrogens is 356 g/mol. The third kappa shape index (κ3) is 2.44. The van der Waals surface area contributed by atoms with E-state index in [-0.39, 0.29) is 17.6 Å². The standard InChI is InChI=1S/C20H22N6O2/c1-4-18(27)25-8-6-14-17(25)9-20(14,2)28-19-16-5-7-21-26(16)12-15(23-19)13-10-22-24(3)11-13/h4-5,7,10-12,14,17H,1,6,8-9H2,2-3H3/t14-,17-,20+/m0/s1. The Labute approximate surface area is 162 Å². The van der Waals surface area contributed by atoms with Crippen LogP contribution in [0.3, 0.4) is 0 Å². The van der Waals surface area contributed by atoms with Crippen molar-refractivity contribution in [3.63, 3.8) is 0 Å². The Hall–Kier alpha value is -3.16. The fourth-order valence-electron chi connectivity index (χ4n) is 4.62. The van der Waals surface area contributed by atoms with E-state index in [1.165, 1.54) is 6.08 Å². The van der Waals surface area contributed by atoms with Gasteiger partial charge in [0.25, 0.3) is 0 Å². The van der Waals surface area contributed by atoms with Crippen LogP contribution in [0.15, 0.2) is 43.5 Å². The zero-order chi connectivity index (χ0) is 19.5. The summed E-state index contributed by atoms with van der Waals surface area (Å²) in [5.41, 5.74) is 2.14. The van der Waals surface area contributed by atoms with Gasteiger partial charge in [-0.1, -0.05) is 6.58 Å². The van der Waals surface area contributed by atoms with Crippen molar-refractivity contribution in [3.8, 4) is 17.1 Å². The third-order valence-corrected chi connectivity index (χ3v) is 6.09. The van der Waals surface area contributed by atoms with Crippen LogP contribution in [0.1, 0.15) is 19.8 Å². The summed E-state index contributed by atoms with van der Waals surface area (Å²) >= 11 is 0. The minimum absolute atomic E-state index is 0.00410. The van der Waals surface area contributed by atoms with Crippen molar-refractivity contribution in [1.29, 1.82) is 0 Å². The SMILES string of the molecule is C=CC(=O)N1CC[C@H]2[C@@H]1C[C@@]2(C)Oc1nc(-c2cnn(C)c2)cn2nccc12. The van der Waals surface area contributed by atoms with Crippen LogP contribution in [0.25, 0.3) is 16.8 Å². The molecule has 0 spiro atoms. The molecule has 0 aromatic carbocycles. The van der Waals surface area contributed by atoms with Crippen LogP contribution < -0.4 is 4.74 Å². The number of likely N-dealkylation sites (tertiary alicyclic amines) is 1. The summed E-state index contributed by atoms with van der Waals surface area (Å²) in [5.74, 6) is 0.862. The Bertz CT molecular complexity index is 1090. The Morgan fingerprint density at radius 3 is 3.00 bits per heavy atom. The molecule has 2 fully saturated rings. The second-order valence-electron chi connectivity index (χ2n) is 7.81. The third-order valence-electron chi connectivity index (χ3n) is 6.09. The van der Waals surface area contributed by atoms with Crippen LogP contribution in [0.5, 0.6) is 5.88 Å². The molecule has 28 heavy (non-hydrogen) atoms. The van der Waals surface area contributed by atoms with Gasteiger partial charge in [-0.25, -0.2) is 9.50 Å². The predicted molar refractivity (Wildman–Crippen MR) is 103 cm³/mol. The lowest BCUT2D eigenvalue weighted by molar-refractivity contribution is -0.136. The summed E-state index contributed by atoms with van der Waals surface area (Å²) < 4.78 is 10.0. The molecule has 1 saturated carbocycles. The monoisotopic (exact) mass is 378 g/mol. The molecule has 5 rings (SSSR count). The Morgan fingerprint density at radius 1 is 1.39 bits per heavy atom. The molecule has 1 aliphatic heterocycles. The van der Waals surface area contributed by atoms with E-state index in [1.54, 1.807) is 21.6 Å². The van der Waals surface area contributed by atoms with Crippen molar-refractivity contribution in [2.75, 3.05) is 6.54 Å². The van der Waals surface area contributed by atoms with Crippen LogP contribution in [-0.4, -0.2) is 53.4 Å². The van der Waals surface area contributed by atoms with Gasteiger partial charge in [0.1, 0.15) is 11.1 Å². The van der Waals surface area contributed by atoms with E-state index < -0.39 is 0 Å². The molecule has 2 aliphatic rings. The molecule has 4 heterocycles. The summed E-state index contributed by atoms with van der Waals surface area (Å²) in [6.07, 6.45) is 10.4. The number of fused-ring (bicyclic) bond motifs is 2. The van der Waals surface area contributed by atoms with E-state index in [0.717, 1.165) is 36.2 Å². The van der Waals surface area contributed by atoms with Gasteiger partial charge in [0.2, 0.25) is 11.8 Å². The normalized spacial score (nSPS) is 26.1. The zero-order valence-corrected chi connectivity index (χ0v) is 15.9. The van der Waals surface area contributed by atoms with Gasteiger partial charge >= 0.3 is 0 Å². The van der Waals surface area contributed by atoms with Gasteiger partial charge in [0, 0.05) is 43.7 Å². The first-order valence-electron chi connectivity index (χ1n) is 9.44. The highest BCUT2D eigenvalue weighted by molar-refractivity contribution is 5.87. The molecule has 3 atom stereocenters. The van der Waals surface area contributed by atoms with Crippen LogP contribution in [0.4, 0.5) is 0 Å². The number of carbonyl (C=O) groups excluding carboxylic acids is 1. The number of ether oxygens (including phenoxy) is 1. The Balaban J connectivity index is 1.46. The molecule has 0 bridgehead atoms. The van der Waals surface area contributed by atoms with Crippen LogP contribution >= 0.6 is 0 Å².